The maximum absolute atomic E-state index is 12.9. The van der Waals surface area contributed by atoms with E-state index >= 15 is 0 Å². The molecule has 1 aromatic carbocycles. The van der Waals surface area contributed by atoms with Crippen LogP contribution < -0.4 is 16.0 Å². The molecule has 0 saturated carbocycles. The second kappa shape index (κ2) is 7.19. The molecule has 2 aromatic heterocycles. The van der Waals surface area contributed by atoms with Crippen molar-refractivity contribution in [3.8, 4) is 5.75 Å². The first-order valence-corrected chi connectivity index (χ1v) is 8.40. The van der Waals surface area contributed by atoms with Crippen LogP contribution in [0.25, 0.3) is 11.0 Å². The van der Waals surface area contributed by atoms with Crippen LogP contribution in [0.5, 0.6) is 5.75 Å². The lowest BCUT2D eigenvalue weighted by molar-refractivity contribution is -0.141. The fourth-order valence-corrected chi connectivity index (χ4v) is 2.96. The van der Waals surface area contributed by atoms with Crippen LogP contribution in [-0.2, 0) is 19.8 Å². The summed E-state index contributed by atoms with van der Waals surface area (Å²) in [6.45, 7) is 1.14. The van der Waals surface area contributed by atoms with E-state index in [2.05, 4.69) is 4.98 Å². The standard InChI is InChI=1S/C19H16F3N3O4/c1-10(26)11-4-6-14(29-3)12(8-11)9-25-17(27)13-5-7-15(19(20,21)22)23-16(13)24(2)18(25)28/h4-8H,9H2,1-3H3. The van der Waals surface area contributed by atoms with Crippen molar-refractivity contribution in [2.75, 3.05) is 7.11 Å². The summed E-state index contributed by atoms with van der Waals surface area (Å²) in [7, 11) is 2.63. The van der Waals surface area contributed by atoms with E-state index in [1.165, 1.54) is 27.1 Å². The molecule has 0 bridgehead atoms. The molecule has 7 nitrogen and oxygen atoms in total. The number of aromatic nitrogens is 3. The highest BCUT2D eigenvalue weighted by Gasteiger charge is 2.33. The summed E-state index contributed by atoms with van der Waals surface area (Å²) in [6, 6.07) is 6.28. The van der Waals surface area contributed by atoms with E-state index in [0.29, 0.717) is 22.9 Å². The van der Waals surface area contributed by atoms with Crippen molar-refractivity contribution in [2.24, 2.45) is 7.05 Å². The minimum absolute atomic E-state index is 0.137. The molecule has 0 radical (unpaired) electrons. The Bertz CT molecular complexity index is 1240. The molecule has 10 heteroatoms. The average Bonchev–Trinajstić information content (AvgIpc) is 2.68. The van der Waals surface area contributed by atoms with E-state index in [9.17, 15) is 27.6 Å². The summed E-state index contributed by atoms with van der Waals surface area (Å²) in [6.07, 6.45) is -4.71. The molecule has 0 amide bonds. The number of Topliss-reactive ketones (excluding diaryl/α,β-unsaturated/α-hetero) is 1. The third-order valence-electron chi connectivity index (χ3n) is 4.49. The molecule has 0 aliphatic rings. The van der Waals surface area contributed by atoms with Gasteiger partial charge < -0.3 is 4.74 Å². The molecule has 3 aromatic rings. The predicted molar refractivity (Wildman–Crippen MR) is 98.3 cm³/mol. The Morgan fingerprint density at radius 2 is 1.86 bits per heavy atom. The molecule has 0 saturated heterocycles. The number of pyridine rings is 1. The molecule has 2 heterocycles. The van der Waals surface area contributed by atoms with Gasteiger partial charge in [-0.3, -0.25) is 18.7 Å². The van der Waals surface area contributed by atoms with Gasteiger partial charge in [0, 0.05) is 18.2 Å². The molecule has 0 unspecified atom stereocenters. The van der Waals surface area contributed by atoms with Gasteiger partial charge in [-0.2, -0.15) is 13.2 Å². The highest BCUT2D eigenvalue weighted by atomic mass is 19.4. The van der Waals surface area contributed by atoms with Gasteiger partial charge in [-0.15, -0.1) is 0 Å². The van der Waals surface area contributed by atoms with Crippen molar-refractivity contribution < 1.29 is 22.7 Å². The van der Waals surface area contributed by atoms with E-state index in [4.69, 9.17) is 4.74 Å². The zero-order valence-corrected chi connectivity index (χ0v) is 15.7. The Labute approximate surface area is 162 Å². The predicted octanol–water partition coefficient (Wildman–Crippen LogP) is 2.37. The first kappa shape index (κ1) is 20.3. The lowest BCUT2D eigenvalue weighted by atomic mass is 10.1. The van der Waals surface area contributed by atoms with Crippen LogP contribution in [0.15, 0.2) is 39.9 Å². The SMILES string of the molecule is COc1ccc(C(C)=O)cc1Cn1c(=O)c2ccc(C(F)(F)F)nc2n(C)c1=O. The van der Waals surface area contributed by atoms with E-state index in [0.717, 1.165) is 15.2 Å². The molecular weight excluding hydrogens is 391 g/mol. The van der Waals surface area contributed by atoms with Gasteiger partial charge >= 0.3 is 11.9 Å². The second-order valence-corrected chi connectivity index (χ2v) is 6.38. The van der Waals surface area contributed by atoms with Gasteiger partial charge in [0.1, 0.15) is 17.1 Å². The molecule has 0 atom stereocenters. The van der Waals surface area contributed by atoms with Crippen molar-refractivity contribution >= 4 is 16.8 Å². The number of benzene rings is 1. The van der Waals surface area contributed by atoms with E-state index in [-0.39, 0.29) is 23.4 Å². The number of carbonyl (C=O) groups is 1. The minimum Gasteiger partial charge on any atom is -0.496 e. The summed E-state index contributed by atoms with van der Waals surface area (Å²) in [5.74, 6) is 0.145. The third kappa shape index (κ3) is 3.65. The quantitative estimate of drug-likeness (QED) is 0.620. The number of rotatable bonds is 4. The second-order valence-electron chi connectivity index (χ2n) is 6.38. The number of halogens is 3. The number of carbonyl (C=O) groups excluding carboxylic acids is 1. The Morgan fingerprint density at radius 3 is 2.45 bits per heavy atom. The average molecular weight is 407 g/mol. The molecule has 0 aliphatic carbocycles. The van der Waals surface area contributed by atoms with Crippen LogP contribution in [0.1, 0.15) is 28.5 Å². The first-order valence-electron chi connectivity index (χ1n) is 8.40. The summed E-state index contributed by atoms with van der Waals surface area (Å²) in [5, 5.41) is -0.137. The molecule has 29 heavy (non-hydrogen) atoms. The van der Waals surface area contributed by atoms with Crippen molar-refractivity contribution in [1.82, 2.24) is 14.1 Å². The molecule has 0 fully saturated rings. The molecule has 0 N–H and O–H groups in total. The Hall–Kier alpha value is -3.43. The minimum atomic E-state index is -4.71. The number of alkyl halides is 3. The van der Waals surface area contributed by atoms with Gasteiger partial charge in [-0.25, -0.2) is 9.78 Å². The van der Waals surface area contributed by atoms with Crippen molar-refractivity contribution in [3.05, 3.63) is 68.0 Å². The lowest BCUT2D eigenvalue weighted by Gasteiger charge is -2.14. The van der Waals surface area contributed by atoms with Crippen molar-refractivity contribution in [1.29, 1.82) is 0 Å². The van der Waals surface area contributed by atoms with Gasteiger partial charge in [-0.1, -0.05) is 0 Å². The Morgan fingerprint density at radius 1 is 1.17 bits per heavy atom. The molecule has 0 aliphatic heterocycles. The number of nitrogens with zero attached hydrogens (tertiary/aromatic N) is 3. The number of fused-ring (bicyclic) bond motifs is 1. The topological polar surface area (TPSA) is 83.2 Å². The maximum Gasteiger partial charge on any atom is 0.433 e. The summed E-state index contributed by atoms with van der Waals surface area (Å²) >= 11 is 0. The van der Waals surface area contributed by atoms with E-state index in [1.807, 2.05) is 0 Å². The monoisotopic (exact) mass is 407 g/mol. The largest absolute Gasteiger partial charge is 0.496 e. The number of aryl methyl sites for hydroxylation is 1. The number of ketones is 1. The van der Waals surface area contributed by atoms with Crippen LogP contribution >= 0.6 is 0 Å². The normalized spacial score (nSPS) is 11.7. The van der Waals surface area contributed by atoms with E-state index in [1.54, 1.807) is 12.1 Å². The van der Waals surface area contributed by atoms with Crippen LogP contribution in [0.4, 0.5) is 13.2 Å². The number of hydrogen-bond donors (Lipinski definition) is 0. The molecule has 0 spiro atoms. The number of ether oxygens (including phenoxy) is 1. The van der Waals surface area contributed by atoms with Crippen LogP contribution in [0.3, 0.4) is 0 Å². The van der Waals surface area contributed by atoms with E-state index < -0.39 is 23.1 Å². The fourth-order valence-electron chi connectivity index (χ4n) is 2.96. The molecular formula is C19H16F3N3O4. The zero-order chi connectivity index (χ0) is 21.5. The first-order chi connectivity index (χ1) is 13.5. The molecule has 3 rings (SSSR count). The van der Waals surface area contributed by atoms with Gasteiger partial charge in [0.05, 0.1) is 19.0 Å². The smallest absolute Gasteiger partial charge is 0.433 e. The maximum atomic E-state index is 12.9. The highest BCUT2D eigenvalue weighted by molar-refractivity contribution is 5.94. The van der Waals surface area contributed by atoms with Crippen LogP contribution in [0, 0.1) is 0 Å². The Kier molecular flexibility index (Phi) is 5.04. The Balaban J connectivity index is 2.22. The zero-order valence-electron chi connectivity index (χ0n) is 15.7. The lowest BCUT2D eigenvalue weighted by Crippen LogP contribution is -2.40. The van der Waals surface area contributed by atoms with Gasteiger partial charge in [0.25, 0.3) is 5.56 Å². The summed E-state index contributed by atoms with van der Waals surface area (Å²) in [4.78, 5) is 40.6. The van der Waals surface area contributed by atoms with Crippen molar-refractivity contribution in [3.63, 3.8) is 0 Å². The van der Waals surface area contributed by atoms with Gasteiger partial charge in [0.2, 0.25) is 0 Å². The third-order valence-corrected chi connectivity index (χ3v) is 4.49. The fraction of sp³-hybridized carbons (Fsp3) is 0.263. The number of hydrogen-bond acceptors (Lipinski definition) is 5. The highest BCUT2D eigenvalue weighted by Crippen LogP contribution is 2.28. The van der Waals surface area contributed by atoms with Gasteiger partial charge in [-0.05, 0) is 37.3 Å². The summed E-state index contributed by atoms with van der Waals surface area (Å²) < 4.78 is 45.8. The van der Waals surface area contributed by atoms with Crippen LogP contribution in [0.2, 0.25) is 0 Å². The van der Waals surface area contributed by atoms with Crippen molar-refractivity contribution in [2.45, 2.75) is 19.6 Å². The van der Waals surface area contributed by atoms with Gasteiger partial charge in [0.15, 0.2) is 5.78 Å². The number of methoxy groups -OCH3 is 1. The molecule has 152 valence electrons. The van der Waals surface area contributed by atoms with Crippen LogP contribution in [-0.4, -0.2) is 27.0 Å². The summed E-state index contributed by atoms with van der Waals surface area (Å²) in [5.41, 5.74) is -2.44.